The van der Waals surface area contributed by atoms with Crippen molar-refractivity contribution in [2.45, 2.75) is 126 Å². The monoisotopic (exact) mass is 486 g/mol. The average Bonchev–Trinajstić information content (AvgIpc) is 3.00. The molecule has 11 fully saturated rings. The van der Waals surface area contributed by atoms with E-state index in [1.165, 1.54) is 0 Å². The first kappa shape index (κ1) is 21.8. The predicted octanol–water partition coefficient (Wildman–Crippen LogP) is 9.38. The Morgan fingerprint density at radius 1 is 0.528 bits per heavy atom. The number of rotatable bonds is 0. The Morgan fingerprint density at radius 3 is 2.06 bits per heavy atom. The molecular formula is C36H54. The molecule has 0 aromatic heterocycles. The van der Waals surface area contributed by atoms with Crippen LogP contribution in [-0.4, -0.2) is 0 Å². The molecule has 0 nitrogen and oxygen atoms in total. The standard InChI is InChI=1S/C36H54/c1-20-15-27-29(2)19-35(27)25-10-8-9-22-17-28(32(25,29)5)31(22,4)36-18-24-16-23-12-11-21(13-14-26(35)36)34(7,30(23,24)3)33(20,36)6/h20-28H,8-19H2,1-7H3. The predicted molar refractivity (Wildman–Crippen MR) is 146 cm³/mol. The van der Waals surface area contributed by atoms with Gasteiger partial charge in [-0.25, -0.2) is 0 Å². The van der Waals surface area contributed by atoms with Crippen LogP contribution in [0.2, 0.25) is 0 Å². The van der Waals surface area contributed by atoms with E-state index in [1.807, 2.05) is 0 Å². The lowest BCUT2D eigenvalue weighted by Crippen LogP contribution is -2.81. The molecule has 0 amide bonds. The fourth-order valence-electron chi connectivity index (χ4n) is 19.7. The molecule has 17 atom stereocenters. The summed E-state index contributed by atoms with van der Waals surface area (Å²) < 4.78 is 0. The smallest absolute Gasteiger partial charge is 0.0140 e. The summed E-state index contributed by atoms with van der Waals surface area (Å²) in [7, 11) is 0. The summed E-state index contributed by atoms with van der Waals surface area (Å²) >= 11 is 0. The van der Waals surface area contributed by atoms with Gasteiger partial charge >= 0.3 is 0 Å². The van der Waals surface area contributed by atoms with Crippen LogP contribution in [-0.2, 0) is 0 Å². The fourth-order valence-corrected chi connectivity index (χ4v) is 19.7. The first-order chi connectivity index (χ1) is 16.9. The van der Waals surface area contributed by atoms with Gasteiger partial charge in [-0.1, -0.05) is 54.9 Å². The van der Waals surface area contributed by atoms with Crippen LogP contribution in [0.1, 0.15) is 126 Å². The third-order valence-electron chi connectivity index (χ3n) is 20.8. The minimum absolute atomic E-state index is 0.525. The van der Waals surface area contributed by atoms with Crippen molar-refractivity contribution in [1.82, 2.24) is 0 Å². The lowest BCUT2D eigenvalue weighted by molar-refractivity contribution is -0.388. The summed E-state index contributed by atoms with van der Waals surface area (Å²) in [6.45, 7) is 20.6. The van der Waals surface area contributed by atoms with Crippen molar-refractivity contribution in [3.63, 3.8) is 0 Å². The van der Waals surface area contributed by atoms with Gasteiger partial charge in [0.05, 0.1) is 0 Å². The Morgan fingerprint density at radius 2 is 1.25 bits per heavy atom. The van der Waals surface area contributed by atoms with Crippen molar-refractivity contribution in [2.75, 3.05) is 0 Å². The molecule has 11 aliphatic rings. The van der Waals surface area contributed by atoms with Gasteiger partial charge in [-0.15, -0.1) is 0 Å². The molecule has 0 heteroatoms. The van der Waals surface area contributed by atoms with E-state index >= 15 is 0 Å². The Balaban J connectivity index is 1.38. The van der Waals surface area contributed by atoms with Crippen LogP contribution in [0.3, 0.4) is 0 Å². The van der Waals surface area contributed by atoms with Crippen LogP contribution < -0.4 is 0 Å². The summed E-state index contributed by atoms with van der Waals surface area (Å²) in [5, 5.41) is 0. The minimum atomic E-state index is 0.525. The van der Waals surface area contributed by atoms with E-state index in [1.54, 1.807) is 77.0 Å². The molecule has 11 bridgehead atoms. The van der Waals surface area contributed by atoms with Gasteiger partial charge in [0.1, 0.15) is 0 Å². The summed E-state index contributed by atoms with van der Waals surface area (Å²) in [4.78, 5) is 0. The minimum Gasteiger partial charge on any atom is -0.0619 e. The van der Waals surface area contributed by atoms with E-state index in [0.717, 1.165) is 53.3 Å². The van der Waals surface area contributed by atoms with Crippen LogP contribution >= 0.6 is 0 Å². The van der Waals surface area contributed by atoms with Crippen molar-refractivity contribution in [3.8, 4) is 0 Å². The third-order valence-corrected chi connectivity index (χ3v) is 20.8. The molecule has 0 heterocycles. The zero-order chi connectivity index (χ0) is 24.7. The molecular weight excluding hydrogens is 432 g/mol. The number of hydrogen-bond donors (Lipinski definition) is 0. The van der Waals surface area contributed by atoms with E-state index in [4.69, 9.17) is 0 Å². The molecule has 198 valence electrons. The SMILES string of the molecule is CC1CC2C34CC2(C)C2(C)C3CCCC3CC2C3(C)C23CC5CC6CCC(CCC42)C(C)(C65C)C13C. The van der Waals surface area contributed by atoms with Gasteiger partial charge in [0.2, 0.25) is 0 Å². The van der Waals surface area contributed by atoms with Gasteiger partial charge in [0.25, 0.3) is 0 Å². The second kappa shape index (κ2) is 5.35. The molecule has 36 heavy (non-hydrogen) atoms. The lowest BCUT2D eigenvalue weighted by Gasteiger charge is -2.86. The highest BCUT2D eigenvalue weighted by Gasteiger charge is 2.96. The van der Waals surface area contributed by atoms with Crippen LogP contribution in [0.4, 0.5) is 0 Å². The molecule has 0 saturated heterocycles. The second-order valence-electron chi connectivity index (χ2n) is 18.8. The maximum atomic E-state index is 3.04. The van der Waals surface area contributed by atoms with Crippen molar-refractivity contribution in [2.24, 2.45) is 96.6 Å². The average molecular weight is 487 g/mol. The van der Waals surface area contributed by atoms with Gasteiger partial charge in [0.15, 0.2) is 0 Å². The van der Waals surface area contributed by atoms with E-state index in [2.05, 4.69) is 48.5 Å². The summed E-state index contributed by atoms with van der Waals surface area (Å²) in [5.74, 6) is 9.21. The van der Waals surface area contributed by atoms with Crippen LogP contribution in [0, 0.1) is 96.6 Å². The van der Waals surface area contributed by atoms with Crippen molar-refractivity contribution >= 4 is 0 Å². The molecule has 11 aliphatic carbocycles. The van der Waals surface area contributed by atoms with Gasteiger partial charge in [-0.2, -0.15) is 0 Å². The molecule has 17 unspecified atom stereocenters. The Hall–Kier alpha value is 0. The molecule has 0 aromatic carbocycles. The lowest BCUT2D eigenvalue weighted by atomic mass is 9.18. The van der Waals surface area contributed by atoms with Gasteiger partial charge < -0.3 is 0 Å². The molecule has 11 rings (SSSR count). The summed E-state index contributed by atoms with van der Waals surface area (Å²) in [6.07, 6.45) is 19.3. The van der Waals surface area contributed by atoms with Gasteiger partial charge in [-0.05, 0) is 167 Å². The molecule has 0 aromatic rings. The fraction of sp³-hybridized carbons (Fsp3) is 1.00. The highest BCUT2D eigenvalue weighted by molar-refractivity contribution is 5.43. The largest absolute Gasteiger partial charge is 0.0619 e. The summed E-state index contributed by atoms with van der Waals surface area (Å²) in [5.41, 5.74) is 4.92. The third kappa shape index (κ3) is 1.41. The van der Waals surface area contributed by atoms with Crippen LogP contribution in [0.15, 0.2) is 0 Å². The van der Waals surface area contributed by atoms with Gasteiger partial charge in [-0.3, -0.25) is 0 Å². The maximum absolute atomic E-state index is 3.04. The normalized spacial score (nSPS) is 78.2. The van der Waals surface area contributed by atoms with Gasteiger partial charge in [0, 0.05) is 0 Å². The van der Waals surface area contributed by atoms with E-state index < -0.39 is 0 Å². The van der Waals surface area contributed by atoms with Crippen molar-refractivity contribution < 1.29 is 0 Å². The number of hydrogen-bond acceptors (Lipinski definition) is 0. The molecule has 11 saturated carbocycles. The van der Waals surface area contributed by atoms with E-state index in [-0.39, 0.29) is 0 Å². The Bertz CT molecular complexity index is 1120. The summed E-state index contributed by atoms with van der Waals surface area (Å²) in [6, 6.07) is 0. The van der Waals surface area contributed by atoms with E-state index in [9.17, 15) is 0 Å². The van der Waals surface area contributed by atoms with E-state index in [0.29, 0.717) is 43.3 Å². The van der Waals surface area contributed by atoms with Crippen LogP contribution in [0.25, 0.3) is 0 Å². The van der Waals surface area contributed by atoms with Crippen molar-refractivity contribution in [1.29, 1.82) is 0 Å². The Labute approximate surface area is 221 Å². The molecule has 0 aliphatic heterocycles. The Kier molecular flexibility index (Phi) is 3.23. The molecule has 0 N–H and O–H groups in total. The first-order valence-corrected chi connectivity index (χ1v) is 16.9. The zero-order valence-electron chi connectivity index (χ0n) is 24.7. The van der Waals surface area contributed by atoms with Crippen LogP contribution in [0.5, 0.6) is 0 Å². The zero-order valence-corrected chi connectivity index (χ0v) is 24.7. The molecule has 2 spiro atoms. The highest BCUT2D eigenvalue weighted by atomic mass is 15.0. The first-order valence-electron chi connectivity index (χ1n) is 16.9. The second-order valence-corrected chi connectivity index (χ2v) is 18.8. The maximum Gasteiger partial charge on any atom is -0.0140 e. The number of fused-ring (bicyclic) bond motifs is 2. The topological polar surface area (TPSA) is 0 Å². The quantitative estimate of drug-likeness (QED) is 0.320. The highest BCUT2D eigenvalue weighted by Crippen LogP contribution is 3.01. The molecule has 0 radical (unpaired) electrons. The van der Waals surface area contributed by atoms with Crippen molar-refractivity contribution in [3.05, 3.63) is 0 Å².